The van der Waals surface area contributed by atoms with Gasteiger partial charge in [0, 0.05) is 17.7 Å². The monoisotopic (exact) mass is 174 g/mol. The summed E-state index contributed by atoms with van der Waals surface area (Å²) >= 11 is 0. The first kappa shape index (κ1) is 9.48. The van der Waals surface area contributed by atoms with E-state index in [-0.39, 0.29) is 11.5 Å². The molecule has 0 aliphatic heterocycles. The average Bonchev–Trinajstić information content (AvgIpc) is 1.57. The summed E-state index contributed by atoms with van der Waals surface area (Å²) < 4.78 is 53.9. The maximum absolute atomic E-state index is 11.2. The standard InChI is InChI=1S/C4H5F3O2S/c1-10(8,9)3-2-4(5,6)7/h2-3H,1H3/b3-2+. The fraction of sp³-hybridized carbons (Fsp3) is 0.500. The van der Waals surface area contributed by atoms with Crippen LogP contribution in [0.15, 0.2) is 11.5 Å². The highest BCUT2D eigenvalue weighted by Gasteiger charge is 2.22. The molecule has 60 valence electrons. The van der Waals surface area contributed by atoms with Crippen molar-refractivity contribution >= 4 is 9.84 Å². The van der Waals surface area contributed by atoms with Crippen LogP contribution >= 0.6 is 0 Å². The van der Waals surface area contributed by atoms with Crippen molar-refractivity contribution in [1.82, 2.24) is 0 Å². The Bertz CT molecular complexity index is 223. The summed E-state index contributed by atoms with van der Waals surface area (Å²) in [6.45, 7) is 0. The second-order valence-electron chi connectivity index (χ2n) is 1.67. The third kappa shape index (κ3) is 7.48. The minimum atomic E-state index is -4.55. The van der Waals surface area contributed by atoms with Gasteiger partial charge < -0.3 is 0 Å². The SMILES string of the molecule is CS(=O)(=O)/C=C/C(F)(F)F. The fourth-order valence-electron chi connectivity index (χ4n) is 0.201. The highest BCUT2D eigenvalue weighted by atomic mass is 32.2. The number of hydrogen-bond donors (Lipinski definition) is 0. The molecule has 0 aromatic heterocycles. The molecular weight excluding hydrogens is 169 g/mol. The molecule has 0 aromatic rings. The van der Waals surface area contributed by atoms with E-state index in [0.29, 0.717) is 6.26 Å². The van der Waals surface area contributed by atoms with E-state index in [2.05, 4.69) is 0 Å². The van der Waals surface area contributed by atoms with Crippen molar-refractivity contribution in [3.8, 4) is 0 Å². The van der Waals surface area contributed by atoms with Crippen LogP contribution in [-0.2, 0) is 9.84 Å². The van der Waals surface area contributed by atoms with E-state index in [9.17, 15) is 21.6 Å². The summed E-state index contributed by atoms with van der Waals surface area (Å²) in [7, 11) is -3.66. The molecule has 0 saturated carbocycles. The molecule has 0 heterocycles. The Balaban J connectivity index is 4.31. The van der Waals surface area contributed by atoms with Crippen LogP contribution in [0.1, 0.15) is 0 Å². The Morgan fingerprint density at radius 3 is 1.80 bits per heavy atom. The van der Waals surface area contributed by atoms with Crippen molar-refractivity contribution in [3.63, 3.8) is 0 Å². The summed E-state index contributed by atoms with van der Waals surface area (Å²) in [4.78, 5) is 0. The fourth-order valence-corrected chi connectivity index (χ4v) is 0.602. The lowest BCUT2D eigenvalue weighted by Gasteiger charge is -1.95. The first-order valence-corrected chi connectivity index (χ1v) is 4.12. The third-order valence-electron chi connectivity index (χ3n) is 0.504. The molecule has 10 heavy (non-hydrogen) atoms. The molecule has 0 N–H and O–H groups in total. The molecule has 0 spiro atoms. The molecular formula is C4H5F3O2S. The minimum absolute atomic E-state index is 0.118. The van der Waals surface area contributed by atoms with Crippen molar-refractivity contribution in [3.05, 3.63) is 11.5 Å². The van der Waals surface area contributed by atoms with Crippen LogP contribution < -0.4 is 0 Å². The van der Waals surface area contributed by atoms with Crippen molar-refractivity contribution in [1.29, 1.82) is 0 Å². The summed E-state index contributed by atoms with van der Waals surface area (Å²) in [6, 6.07) is 0. The van der Waals surface area contributed by atoms with Crippen LogP contribution in [0.2, 0.25) is 0 Å². The lowest BCUT2D eigenvalue weighted by Crippen LogP contribution is -2.02. The molecule has 0 aromatic carbocycles. The number of hydrogen-bond acceptors (Lipinski definition) is 2. The van der Waals surface area contributed by atoms with Crippen molar-refractivity contribution in [2.24, 2.45) is 0 Å². The first-order chi connectivity index (χ1) is 4.21. The van der Waals surface area contributed by atoms with Gasteiger partial charge in [-0.3, -0.25) is 0 Å². The molecule has 0 amide bonds. The zero-order valence-electron chi connectivity index (χ0n) is 5.01. The van der Waals surface area contributed by atoms with Gasteiger partial charge in [0.15, 0.2) is 9.84 Å². The maximum atomic E-state index is 11.2. The van der Waals surface area contributed by atoms with Crippen LogP contribution in [0.3, 0.4) is 0 Å². The van der Waals surface area contributed by atoms with E-state index in [1.165, 1.54) is 0 Å². The van der Waals surface area contributed by atoms with Crippen LogP contribution in [0.5, 0.6) is 0 Å². The second kappa shape index (κ2) is 2.61. The Morgan fingerprint density at radius 2 is 1.70 bits per heavy atom. The van der Waals surface area contributed by atoms with E-state index in [1.54, 1.807) is 0 Å². The van der Waals surface area contributed by atoms with E-state index >= 15 is 0 Å². The van der Waals surface area contributed by atoms with Gasteiger partial charge in [0.1, 0.15) is 0 Å². The number of sulfone groups is 1. The van der Waals surface area contributed by atoms with Gasteiger partial charge >= 0.3 is 6.18 Å². The van der Waals surface area contributed by atoms with Gasteiger partial charge in [-0.25, -0.2) is 8.42 Å². The molecule has 0 unspecified atom stereocenters. The summed E-state index contributed by atoms with van der Waals surface area (Å²) in [5.41, 5.74) is 0. The molecule has 0 saturated heterocycles. The second-order valence-corrected chi connectivity index (χ2v) is 3.61. The molecule has 0 radical (unpaired) electrons. The van der Waals surface area contributed by atoms with Gasteiger partial charge in [-0.15, -0.1) is 0 Å². The minimum Gasteiger partial charge on any atom is -0.225 e. The highest BCUT2D eigenvalue weighted by Crippen LogP contribution is 2.16. The lowest BCUT2D eigenvalue weighted by molar-refractivity contribution is -0.0797. The Hall–Kier alpha value is -0.520. The molecule has 0 rings (SSSR count). The normalized spacial score (nSPS) is 14.4. The van der Waals surface area contributed by atoms with Crippen LogP contribution in [0.4, 0.5) is 13.2 Å². The van der Waals surface area contributed by atoms with Gasteiger partial charge in [-0.2, -0.15) is 13.2 Å². The quantitative estimate of drug-likeness (QED) is 0.596. The summed E-state index contributed by atoms with van der Waals surface area (Å²) in [6.07, 6.45) is -4.18. The number of rotatable bonds is 1. The van der Waals surface area contributed by atoms with Crippen LogP contribution in [0, 0.1) is 0 Å². The number of alkyl halides is 3. The molecule has 0 bridgehead atoms. The lowest BCUT2D eigenvalue weighted by atomic mass is 10.6. The highest BCUT2D eigenvalue weighted by molar-refractivity contribution is 7.93. The molecule has 0 aliphatic rings. The topological polar surface area (TPSA) is 34.1 Å². The zero-order valence-corrected chi connectivity index (χ0v) is 5.83. The molecule has 2 nitrogen and oxygen atoms in total. The average molecular weight is 174 g/mol. The molecule has 0 aliphatic carbocycles. The van der Waals surface area contributed by atoms with E-state index in [1.807, 2.05) is 0 Å². The van der Waals surface area contributed by atoms with E-state index in [0.717, 1.165) is 0 Å². The summed E-state index contributed by atoms with van der Waals surface area (Å²) in [5, 5.41) is 0.118. The van der Waals surface area contributed by atoms with Crippen LogP contribution in [0.25, 0.3) is 0 Å². The van der Waals surface area contributed by atoms with Crippen molar-refractivity contribution in [2.45, 2.75) is 6.18 Å². The smallest absolute Gasteiger partial charge is 0.225 e. The first-order valence-electron chi connectivity index (χ1n) is 2.17. The van der Waals surface area contributed by atoms with E-state index in [4.69, 9.17) is 0 Å². The Labute approximate surface area is 56.3 Å². The third-order valence-corrected chi connectivity index (χ3v) is 1.13. The molecule has 0 fully saturated rings. The van der Waals surface area contributed by atoms with E-state index < -0.39 is 16.0 Å². The predicted molar refractivity (Wildman–Crippen MR) is 30.0 cm³/mol. The van der Waals surface area contributed by atoms with Gasteiger partial charge in [0.25, 0.3) is 0 Å². The van der Waals surface area contributed by atoms with Gasteiger partial charge in [-0.1, -0.05) is 0 Å². The van der Waals surface area contributed by atoms with Crippen molar-refractivity contribution in [2.75, 3.05) is 6.26 Å². The maximum Gasteiger partial charge on any atom is 0.410 e. The van der Waals surface area contributed by atoms with Gasteiger partial charge in [0.2, 0.25) is 0 Å². The van der Waals surface area contributed by atoms with Gasteiger partial charge in [0.05, 0.1) is 0 Å². The van der Waals surface area contributed by atoms with Crippen LogP contribution in [-0.4, -0.2) is 20.8 Å². The van der Waals surface area contributed by atoms with Crippen molar-refractivity contribution < 1.29 is 21.6 Å². The largest absolute Gasteiger partial charge is 0.410 e. The summed E-state index contributed by atoms with van der Waals surface area (Å²) in [5.74, 6) is 0. The molecule has 6 heteroatoms. The predicted octanol–water partition coefficient (Wildman–Crippen LogP) is 1.11. The Morgan fingerprint density at radius 1 is 1.30 bits per heavy atom. The number of allylic oxidation sites excluding steroid dienone is 1. The number of halogens is 3. The van der Waals surface area contributed by atoms with Gasteiger partial charge in [-0.05, 0) is 0 Å². The zero-order chi connectivity index (χ0) is 8.41. The molecule has 0 atom stereocenters. The Kier molecular flexibility index (Phi) is 2.48.